The summed E-state index contributed by atoms with van der Waals surface area (Å²) in [5, 5.41) is 11.7. The second-order valence-corrected chi connectivity index (χ2v) is 7.33. The number of fused-ring (bicyclic) bond motifs is 1. The molecule has 1 fully saturated rings. The Morgan fingerprint density at radius 1 is 1.14 bits per heavy atom. The fourth-order valence-corrected chi connectivity index (χ4v) is 3.86. The molecule has 1 heterocycles. The Labute approximate surface area is 163 Å². The monoisotopic (exact) mass is 375 g/mol. The van der Waals surface area contributed by atoms with Gasteiger partial charge in [-0.05, 0) is 67.1 Å². The van der Waals surface area contributed by atoms with Crippen LogP contribution in [-0.4, -0.2) is 30.0 Å². The maximum atomic E-state index is 13.0. The Balaban J connectivity index is 1.44. The molecule has 6 heteroatoms. The smallest absolute Gasteiger partial charge is 0.325 e. The molecule has 1 unspecified atom stereocenters. The summed E-state index contributed by atoms with van der Waals surface area (Å²) >= 11 is 0. The van der Waals surface area contributed by atoms with Gasteiger partial charge in [0.1, 0.15) is 17.9 Å². The maximum absolute atomic E-state index is 13.0. The normalized spacial score (nSPS) is 20.6. The Bertz CT molecular complexity index is 978. The van der Waals surface area contributed by atoms with E-state index >= 15 is 0 Å². The third kappa shape index (κ3) is 3.09. The predicted octanol–water partition coefficient (Wildman–Crippen LogP) is 2.89. The summed E-state index contributed by atoms with van der Waals surface area (Å²) < 4.78 is 5.62. The summed E-state index contributed by atoms with van der Waals surface area (Å²) in [6.45, 7) is 2.10. The summed E-state index contributed by atoms with van der Waals surface area (Å²) in [6, 6.07) is 14.4. The van der Waals surface area contributed by atoms with E-state index in [1.807, 2.05) is 12.1 Å². The highest BCUT2D eigenvalue weighted by Gasteiger charge is 2.49. The maximum Gasteiger partial charge on any atom is 0.325 e. The third-order valence-corrected chi connectivity index (χ3v) is 5.52. The number of rotatable bonds is 5. The fraction of sp³-hybridized carbons (Fsp3) is 0.318. The van der Waals surface area contributed by atoms with Crippen molar-refractivity contribution in [3.05, 3.63) is 64.7 Å². The lowest BCUT2D eigenvalue weighted by Crippen LogP contribution is -2.41. The average molecular weight is 375 g/mol. The number of urea groups is 1. The summed E-state index contributed by atoms with van der Waals surface area (Å²) in [4.78, 5) is 26.7. The van der Waals surface area contributed by atoms with Gasteiger partial charge in [0, 0.05) is 0 Å². The molecule has 0 bridgehead atoms. The van der Waals surface area contributed by atoms with Gasteiger partial charge in [-0.25, -0.2) is 4.79 Å². The zero-order chi connectivity index (χ0) is 19.7. The van der Waals surface area contributed by atoms with Gasteiger partial charge in [-0.1, -0.05) is 18.2 Å². The number of carbonyl (C=O) groups excluding carboxylic acids is 2. The first-order valence-corrected chi connectivity index (χ1v) is 9.40. The lowest BCUT2D eigenvalue weighted by Gasteiger charge is -2.23. The standard InChI is InChI=1S/C22H21N3O3/c1-22(18-8-7-16-3-2-4-17(16)13-18)20(26)25(21(27)24-22)11-12-28-19-9-5-15(14-23)6-10-19/h5-10,13H,2-4,11-12H2,1H3,(H,24,27). The number of nitrogens with zero attached hydrogens (tertiary/aromatic N) is 2. The predicted molar refractivity (Wildman–Crippen MR) is 103 cm³/mol. The molecular formula is C22H21N3O3. The SMILES string of the molecule is CC1(c2ccc3c(c2)CCC3)NC(=O)N(CCOc2ccc(C#N)cc2)C1=O. The van der Waals surface area contributed by atoms with E-state index in [0.29, 0.717) is 11.3 Å². The van der Waals surface area contributed by atoms with E-state index in [9.17, 15) is 9.59 Å². The molecule has 2 aromatic carbocycles. The molecule has 1 aliphatic carbocycles. The lowest BCUT2D eigenvalue weighted by atomic mass is 9.90. The van der Waals surface area contributed by atoms with Gasteiger partial charge in [-0.2, -0.15) is 5.26 Å². The Morgan fingerprint density at radius 3 is 2.64 bits per heavy atom. The molecular weight excluding hydrogens is 354 g/mol. The molecule has 1 saturated heterocycles. The largest absolute Gasteiger partial charge is 0.492 e. The first kappa shape index (κ1) is 18.1. The quantitative estimate of drug-likeness (QED) is 0.815. The van der Waals surface area contributed by atoms with Crippen LogP contribution in [0.2, 0.25) is 0 Å². The number of benzene rings is 2. The van der Waals surface area contributed by atoms with E-state index in [-0.39, 0.29) is 19.1 Å². The highest BCUT2D eigenvalue weighted by Crippen LogP contribution is 2.32. The minimum Gasteiger partial charge on any atom is -0.492 e. The van der Waals surface area contributed by atoms with E-state index in [1.165, 1.54) is 16.0 Å². The van der Waals surface area contributed by atoms with Gasteiger partial charge in [0.05, 0.1) is 18.2 Å². The minimum absolute atomic E-state index is 0.158. The van der Waals surface area contributed by atoms with E-state index in [0.717, 1.165) is 24.8 Å². The number of amides is 3. The van der Waals surface area contributed by atoms with Crippen LogP contribution >= 0.6 is 0 Å². The first-order chi connectivity index (χ1) is 13.5. The molecule has 0 aromatic heterocycles. The van der Waals surface area contributed by atoms with Crippen molar-refractivity contribution in [2.24, 2.45) is 0 Å². The molecule has 6 nitrogen and oxygen atoms in total. The van der Waals surface area contributed by atoms with Gasteiger partial charge in [0.25, 0.3) is 5.91 Å². The van der Waals surface area contributed by atoms with Crippen LogP contribution in [0.3, 0.4) is 0 Å². The van der Waals surface area contributed by atoms with Crippen molar-refractivity contribution < 1.29 is 14.3 Å². The zero-order valence-corrected chi connectivity index (χ0v) is 15.7. The Morgan fingerprint density at radius 2 is 1.89 bits per heavy atom. The van der Waals surface area contributed by atoms with Crippen LogP contribution in [0.1, 0.15) is 35.6 Å². The Hall–Kier alpha value is -3.33. The van der Waals surface area contributed by atoms with E-state index < -0.39 is 11.6 Å². The van der Waals surface area contributed by atoms with Crippen LogP contribution in [0, 0.1) is 11.3 Å². The van der Waals surface area contributed by atoms with E-state index in [1.54, 1.807) is 31.2 Å². The van der Waals surface area contributed by atoms with Crippen molar-refractivity contribution in [3.63, 3.8) is 0 Å². The van der Waals surface area contributed by atoms with Crippen molar-refractivity contribution in [3.8, 4) is 11.8 Å². The van der Waals surface area contributed by atoms with Gasteiger partial charge < -0.3 is 10.1 Å². The summed E-state index contributed by atoms with van der Waals surface area (Å²) in [6.07, 6.45) is 3.23. The van der Waals surface area contributed by atoms with Gasteiger partial charge in [0.15, 0.2) is 0 Å². The van der Waals surface area contributed by atoms with Crippen LogP contribution in [-0.2, 0) is 23.2 Å². The number of carbonyl (C=O) groups is 2. The Kier molecular flexibility index (Phi) is 4.52. The van der Waals surface area contributed by atoms with Gasteiger partial charge in [-0.3, -0.25) is 9.69 Å². The second kappa shape index (κ2) is 7.01. The minimum atomic E-state index is -1.05. The number of aryl methyl sites for hydroxylation is 2. The number of nitrogens with one attached hydrogen (secondary N) is 1. The summed E-state index contributed by atoms with van der Waals surface area (Å²) in [7, 11) is 0. The van der Waals surface area contributed by atoms with Crippen molar-refractivity contribution in [2.45, 2.75) is 31.7 Å². The molecule has 1 atom stereocenters. The number of ether oxygens (including phenoxy) is 1. The number of hydrogen-bond donors (Lipinski definition) is 1. The molecule has 0 radical (unpaired) electrons. The molecule has 2 aliphatic rings. The summed E-state index contributed by atoms with van der Waals surface area (Å²) in [5.74, 6) is 0.325. The van der Waals surface area contributed by atoms with Crippen LogP contribution in [0.5, 0.6) is 5.75 Å². The van der Waals surface area contributed by atoms with Crippen molar-refractivity contribution in [1.82, 2.24) is 10.2 Å². The molecule has 1 aliphatic heterocycles. The molecule has 142 valence electrons. The molecule has 2 aromatic rings. The number of hydrogen-bond acceptors (Lipinski definition) is 4. The van der Waals surface area contributed by atoms with Crippen LogP contribution in [0.25, 0.3) is 0 Å². The fourth-order valence-electron chi connectivity index (χ4n) is 3.86. The highest BCUT2D eigenvalue weighted by molar-refractivity contribution is 6.07. The van der Waals surface area contributed by atoms with Gasteiger partial charge in [0.2, 0.25) is 0 Å². The first-order valence-electron chi connectivity index (χ1n) is 9.40. The molecule has 1 N–H and O–H groups in total. The average Bonchev–Trinajstić information content (AvgIpc) is 3.26. The van der Waals surface area contributed by atoms with Crippen LogP contribution in [0.15, 0.2) is 42.5 Å². The van der Waals surface area contributed by atoms with Crippen molar-refractivity contribution in [1.29, 1.82) is 5.26 Å². The van der Waals surface area contributed by atoms with Gasteiger partial charge in [-0.15, -0.1) is 0 Å². The van der Waals surface area contributed by atoms with Crippen LogP contribution in [0.4, 0.5) is 4.79 Å². The number of imide groups is 1. The third-order valence-electron chi connectivity index (χ3n) is 5.52. The lowest BCUT2D eigenvalue weighted by molar-refractivity contribution is -0.131. The molecule has 3 amide bonds. The number of nitriles is 1. The zero-order valence-electron chi connectivity index (χ0n) is 15.7. The van der Waals surface area contributed by atoms with Crippen LogP contribution < -0.4 is 10.1 Å². The highest BCUT2D eigenvalue weighted by atomic mass is 16.5. The molecule has 0 spiro atoms. The van der Waals surface area contributed by atoms with E-state index in [4.69, 9.17) is 10.00 Å². The second-order valence-electron chi connectivity index (χ2n) is 7.33. The van der Waals surface area contributed by atoms with E-state index in [2.05, 4.69) is 17.4 Å². The van der Waals surface area contributed by atoms with Crippen molar-refractivity contribution >= 4 is 11.9 Å². The van der Waals surface area contributed by atoms with Gasteiger partial charge >= 0.3 is 6.03 Å². The topological polar surface area (TPSA) is 82.4 Å². The summed E-state index contributed by atoms with van der Waals surface area (Å²) in [5.41, 5.74) is 2.91. The molecule has 0 saturated carbocycles. The van der Waals surface area contributed by atoms with Crippen molar-refractivity contribution in [2.75, 3.05) is 13.2 Å². The molecule has 28 heavy (non-hydrogen) atoms. The molecule has 4 rings (SSSR count).